The molecular formula is C16H24O4. The quantitative estimate of drug-likeness (QED) is 0.586. The Morgan fingerprint density at radius 2 is 2.05 bits per heavy atom. The van der Waals surface area contributed by atoms with E-state index in [0.29, 0.717) is 18.8 Å². The molecule has 0 aromatic carbocycles. The maximum Gasteiger partial charge on any atom is 0.305 e. The molecule has 0 aromatic rings. The highest BCUT2D eigenvalue weighted by atomic mass is 16.8. The van der Waals surface area contributed by atoms with E-state index < -0.39 is 5.79 Å². The Labute approximate surface area is 121 Å². The van der Waals surface area contributed by atoms with Crippen LogP contribution in [0.3, 0.4) is 0 Å². The molecule has 0 bridgehead atoms. The van der Waals surface area contributed by atoms with Crippen LogP contribution in [0.15, 0.2) is 0 Å². The highest BCUT2D eigenvalue weighted by Gasteiger charge is 2.55. The summed E-state index contributed by atoms with van der Waals surface area (Å²) in [6.45, 7) is 4.07. The Morgan fingerprint density at radius 1 is 1.40 bits per heavy atom. The Morgan fingerprint density at radius 3 is 2.60 bits per heavy atom. The van der Waals surface area contributed by atoms with E-state index in [4.69, 9.17) is 20.6 Å². The fourth-order valence-corrected chi connectivity index (χ4v) is 3.47. The van der Waals surface area contributed by atoms with Gasteiger partial charge in [-0.05, 0) is 32.6 Å². The zero-order valence-corrected chi connectivity index (χ0v) is 12.6. The predicted octanol–water partition coefficient (Wildman–Crippen LogP) is 2.51. The largest absolute Gasteiger partial charge is 0.469 e. The first-order valence-corrected chi connectivity index (χ1v) is 7.38. The summed E-state index contributed by atoms with van der Waals surface area (Å²) in [5, 5.41) is 0. The Hall–Kier alpha value is -1.05. The van der Waals surface area contributed by atoms with Gasteiger partial charge in [-0.25, -0.2) is 0 Å². The molecule has 0 aromatic heterocycles. The van der Waals surface area contributed by atoms with Crippen molar-refractivity contribution in [3.8, 4) is 12.3 Å². The zero-order valence-electron chi connectivity index (χ0n) is 12.6. The zero-order chi connectivity index (χ0) is 14.8. The van der Waals surface area contributed by atoms with Crippen LogP contribution < -0.4 is 0 Å². The molecule has 1 saturated heterocycles. The average molecular weight is 280 g/mol. The fourth-order valence-electron chi connectivity index (χ4n) is 3.47. The molecule has 4 nitrogen and oxygen atoms in total. The van der Waals surface area contributed by atoms with Crippen molar-refractivity contribution in [1.29, 1.82) is 0 Å². The van der Waals surface area contributed by atoms with Gasteiger partial charge in [-0.15, -0.1) is 12.3 Å². The van der Waals surface area contributed by atoms with Gasteiger partial charge < -0.3 is 14.2 Å². The lowest BCUT2D eigenvalue weighted by Gasteiger charge is -2.31. The molecule has 4 atom stereocenters. The number of esters is 1. The number of rotatable bonds is 4. The van der Waals surface area contributed by atoms with Crippen molar-refractivity contribution in [3.05, 3.63) is 0 Å². The van der Waals surface area contributed by atoms with Gasteiger partial charge >= 0.3 is 5.97 Å². The molecule has 2 rings (SSSR count). The molecule has 1 heterocycles. The highest BCUT2D eigenvalue weighted by Crippen LogP contribution is 2.51. The Balaban J connectivity index is 2.05. The van der Waals surface area contributed by atoms with Gasteiger partial charge in [0.05, 0.1) is 19.3 Å². The second-order valence-corrected chi connectivity index (χ2v) is 5.89. The van der Waals surface area contributed by atoms with Crippen molar-refractivity contribution in [2.24, 2.45) is 11.8 Å². The van der Waals surface area contributed by atoms with E-state index in [2.05, 4.69) is 5.92 Å². The monoisotopic (exact) mass is 280 g/mol. The van der Waals surface area contributed by atoms with Crippen LogP contribution in [0.25, 0.3) is 0 Å². The minimum absolute atomic E-state index is 0.0923. The van der Waals surface area contributed by atoms with E-state index >= 15 is 0 Å². The van der Waals surface area contributed by atoms with Crippen LogP contribution >= 0.6 is 0 Å². The van der Waals surface area contributed by atoms with Crippen molar-refractivity contribution in [2.75, 3.05) is 7.11 Å². The SMILES string of the molecule is C#CCC1C(CCC(=O)OC)CCC12OC(C)C(C)O2. The maximum atomic E-state index is 11.3. The van der Waals surface area contributed by atoms with Crippen LogP contribution in [0, 0.1) is 24.2 Å². The van der Waals surface area contributed by atoms with Gasteiger partial charge in [0.15, 0.2) is 5.79 Å². The van der Waals surface area contributed by atoms with E-state index in [1.807, 2.05) is 13.8 Å². The summed E-state index contributed by atoms with van der Waals surface area (Å²) in [6.07, 6.45) is 9.41. The van der Waals surface area contributed by atoms with E-state index in [0.717, 1.165) is 19.3 Å². The van der Waals surface area contributed by atoms with Crippen molar-refractivity contribution < 1.29 is 19.0 Å². The van der Waals surface area contributed by atoms with Gasteiger partial charge in [0.1, 0.15) is 0 Å². The van der Waals surface area contributed by atoms with E-state index in [-0.39, 0.29) is 24.1 Å². The van der Waals surface area contributed by atoms with Crippen LogP contribution in [0.4, 0.5) is 0 Å². The van der Waals surface area contributed by atoms with Crippen LogP contribution in [-0.4, -0.2) is 31.1 Å². The van der Waals surface area contributed by atoms with Gasteiger partial charge in [-0.2, -0.15) is 0 Å². The smallest absolute Gasteiger partial charge is 0.305 e. The third-order valence-corrected chi connectivity index (χ3v) is 4.71. The van der Waals surface area contributed by atoms with Crippen LogP contribution in [-0.2, 0) is 19.0 Å². The molecule has 0 radical (unpaired) electrons. The molecule has 4 unspecified atom stereocenters. The van der Waals surface area contributed by atoms with Gasteiger partial charge in [-0.1, -0.05) is 0 Å². The minimum Gasteiger partial charge on any atom is -0.469 e. The molecular weight excluding hydrogens is 256 g/mol. The van der Waals surface area contributed by atoms with E-state index in [1.54, 1.807) is 0 Å². The van der Waals surface area contributed by atoms with Gasteiger partial charge in [-0.3, -0.25) is 4.79 Å². The number of carbonyl (C=O) groups excluding carboxylic acids is 1. The summed E-state index contributed by atoms with van der Waals surface area (Å²) >= 11 is 0. The fraction of sp³-hybridized carbons (Fsp3) is 0.812. The lowest BCUT2D eigenvalue weighted by Crippen LogP contribution is -2.37. The minimum atomic E-state index is -0.536. The number of hydrogen-bond acceptors (Lipinski definition) is 4. The van der Waals surface area contributed by atoms with Crippen molar-refractivity contribution in [2.45, 2.75) is 63.9 Å². The lowest BCUT2D eigenvalue weighted by molar-refractivity contribution is -0.200. The van der Waals surface area contributed by atoms with Crippen LogP contribution in [0.1, 0.15) is 46.0 Å². The number of hydrogen-bond donors (Lipinski definition) is 0. The van der Waals surface area contributed by atoms with E-state index in [1.165, 1.54) is 7.11 Å². The highest BCUT2D eigenvalue weighted by molar-refractivity contribution is 5.69. The van der Waals surface area contributed by atoms with Crippen LogP contribution in [0.2, 0.25) is 0 Å². The molecule has 2 fully saturated rings. The molecule has 0 N–H and O–H groups in total. The number of ether oxygens (including phenoxy) is 3. The summed E-state index contributed by atoms with van der Waals surface area (Å²) in [6, 6.07) is 0. The molecule has 1 spiro atoms. The van der Waals surface area contributed by atoms with Gasteiger partial charge in [0.25, 0.3) is 0 Å². The van der Waals surface area contributed by atoms with Gasteiger partial charge in [0, 0.05) is 25.2 Å². The second kappa shape index (κ2) is 6.15. The normalized spacial score (nSPS) is 39.9. The average Bonchev–Trinajstić information content (AvgIpc) is 2.89. The predicted molar refractivity (Wildman–Crippen MR) is 74.7 cm³/mol. The van der Waals surface area contributed by atoms with Crippen molar-refractivity contribution in [3.63, 3.8) is 0 Å². The van der Waals surface area contributed by atoms with Gasteiger partial charge in [0.2, 0.25) is 0 Å². The Kier molecular flexibility index (Phi) is 4.72. The molecule has 1 aliphatic carbocycles. The maximum absolute atomic E-state index is 11.3. The summed E-state index contributed by atoms with van der Waals surface area (Å²) in [7, 11) is 1.42. The first-order chi connectivity index (χ1) is 9.52. The van der Waals surface area contributed by atoms with Crippen molar-refractivity contribution >= 4 is 5.97 Å². The van der Waals surface area contributed by atoms with Crippen molar-refractivity contribution in [1.82, 2.24) is 0 Å². The molecule has 1 aliphatic heterocycles. The lowest BCUT2D eigenvalue weighted by atomic mass is 9.86. The number of terminal acetylenes is 1. The molecule has 20 heavy (non-hydrogen) atoms. The molecule has 2 aliphatic rings. The first-order valence-electron chi connectivity index (χ1n) is 7.38. The summed E-state index contributed by atoms with van der Waals surface area (Å²) < 4.78 is 16.9. The number of carbonyl (C=O) groups is 1. The second-order valence-electron chi connectivity index (χ2n) is 5.89. The molecule has 4 heteroatoms. The third kappa shape index (κ3) is 2.84. The summed E-state index contributed by atoms with van der Waals surface area (Å²) in [4.78, 5) is 11.3. The van der Waals surface area contributed by atoms with E-state index in [9.17, 15) is 4.79 Å². The molecule has 112 valence electrons. The first kappa shape index (κ1) is 15.3. The third-order valence-electron chi connectivity index (χ3n) is 4.71. The number of methoxy groups -OCH3 is 1. The van der Waals surface area contributed by atoms with Crippen LogP contribution in [0.5, 0.6) is 0 Å². The standard InChI is InChI=1S/C16H24O4/c1-5-6-14-13(7-8-15(17)18-4)9-10-16(14)19-11(2)12(3)20-16/h1,11-14H,6-10H2,2-4H3. The summed E-state index contributed by atoms with van der Waals surface area (Å²) in [5.41, 5.74) is 0. The summed E-state index contributed by atoms with van der Waals surface area (Å²) in [5.74, 6) is 2.58. The topological polar surface area (TPSA) is 44.8 Å². The Bertz CT molecular complexity index is 388. The molecule has 0 amide bonds. The molecule has 1 saturated carbocycles.